The first-order valence-electron chi connectivity index (χ1n) is 8.90. The van der Waals surface area contributed by atoms with Crippen molar-refractivity contribution < 1.29 is 19.2 Å². The fraction of sp³-hybridized carbons (Fsp3) is 0.217. The molecule has 2 aliphatic rings. The summed E-state index contributed by atoms with van der Waals surface area (Å²) >= 11 is 0. The van der Waals surface area contributed by atoms with Crippen LogP contribution in [0, 0.1) is 0 Å². The van der Waals surface area contributed by atoms with Gasteiger partial charge in [0.15, 0.2) is 5.78 Å². The minimum Gasteiger partial charge on any atom is -0.423 e. The van der Waals surface area contributed by atoms with E-state index in [-0.39, 0.29) is 11.2 Å². The molecule has 0 saturated carbocycles. The highest BCUT2D eigenvalue weighted by molar-refractivity contribution is 6.08. The Morgan fingerprint density at radius 3 is 2.56 bits per heavy atom. The number of carbonyl (C=O) groups is 2. The van der Waals surface area contributed by atoms with Gasteiger partial charge in [-0.2, -0.15) is 0 Å². The van der Waals surface area contributed by atoms with Gasteiger partial charge in [-0.1, -0.05) is 24.8 Å². The van der Waals surface area contributed by atoms with Crippen molar-refractivity contribution >= 4 is 17.4 Å². The summed E-state index contributed by atoms with van der Waals surface area (Å²) in [6.07, 6.45) is 8.30. The smallest absolute Gasteiger partial charge is 0.338 e. The zero-order valence-electron chi connectivity index (χ0n) is 16.1. The van der Waals surface area contributed by atoms with Crippen LogP contribution in [-0.4, -0.2) is 18.8 Å². The Hall–Kier alpha value is -2.98. The molecule has 0 amide bonds. The zero-order chi connectivity index (χ0) is 19.8. The molecule has 1 aromatic rings. The first-order chi connectivity index (χ1) is 12.7. The SMILES string of the molecule is C=C(C)C(=O)OC1=CC(=CC=C2[NH+](C)c3ccccc3C2(C)C)C(=O)C=C1. The number of carbonyl (C=O) groups excluding carboxylic acids is 2. The molecule has 0 radical (unpaired) electrons. The van der Waals surface area contributed by atoms with Gasteiger partial charge in [0.1, 0.15) is 17.1 Å². The molecule has 0 aromatic heterocycles. The summed E-state index contributed by atoms with van der Waals surface area (Å²) < 4.78 is 5.23. The van der Waals surface area contributed by atoms with Crippen LogP contribution >= 0.6 is 0 Å². The number of fused-ring (bicyclic) bond motifs is 1. The molecule has 0 spiro atoms. The lowest BCUT2D eigenvalue weighted by Gasteiger charge is -2.18. The highest BCUT2D eigenvalue weighted by atomic mass is 16.5. The number of nitrogens with one attached hydrogen (secondary N) is 1. The fourth-order valence-corrected chi connectivity index (χ4v) is 3.53. The van der Waals surface area contributed by atoms with Gasteiger partial charge in [0.2, 0.25) is 0 Å². The molecule has 1 unspecified atom stereocenters. The van der Waals surface area contributed by atoms with Crippen LogP contribution in [0.15, 0.2) is 83.8 Å². The normalized spacial score (nSPS) is 23.3. The number of benzene rings is 1. The first-order valence-corrected chi connectivity index (χ1v) is 8.90. The number of esters is 1. The average Bonchev–Trinajstić information content (AvgIpc) is 2.82. The van der Waals surface area contributed by atoms with E-state index in [0.717, 1.165) is 0 Å². The minimum absolute atomic E-state index is 0.118. The predicted molar refractivity (Wildman–Crippen MR) is 105 cm³/mol. The van der Waals surface area contributed by atoms with E-state index < -0.39 is 5.97 Å². The van der Waals surface area contributed by atoms with Crippen LogP contribution in [0.25, 0.3) is 0 Å². The standard InChI is InChI=1S/C23H23NO3/c1-15(2)22(26)27-17-11-12-20(25)16(14-17)10-13-21-23(3,4)18-8-6-7-9-19(18)24(21)5/h6-14H,1H2,2-5H3/p+1. The van der Waals surface area contributed by atoms with Crippen LogP contribution in [0.2, 0.25) is 0 Å². The maximum absolute atomic E-state index is 12.2. The lowest BCUT2D eigenvalue weighted by atomic mass is 9.83. The van der Waals surface area contributed by atoms with Gasteiger partial charge in [0.05, 0.1) is 12.5 Å². The molecule has 0 fully saturated rings. The van der Waals surface area contributed by atoms with Crippen molar-refractivity contribution in [3.63, 3.8) is 0 Å². The summed E-state index contributed by atoms with van der Waals surface area (Å²) in [6.45, 7) is 9.52. The molecule has 1 aromatic carbocycles. The Morgan fingerprint density at radius 2 is 1.89 bits per heavy atom. The monoisotopic (exact) mass is 362 g/mol. The topological polar surface area (TPSA) is 47.8 Å². The van der Waals surface area contributed by atoms with Crippen LogP contribution in [0.4, 0.5) is 5.69 Å². The van der Waals surface area contributed by atoms with E-state index in [4.69, 9.17) is 4.74 Å². The summed E-state index contributed by atoms with van der Waals surface area (Å²) in [5.74, 6) is -0.288. The van der Waals surface area contributed by atoms with E-state index in [1.807, 2.05) is 12.1 Å². The number of ketones is 1. The van der Waals surface area contributed by atoms with Crippen molar-refractivity contribution in [1.29, 1.82) is 0 Å². The second-order valence-electron chi connectivity index (χ2n) is 7.41. The van der Waals surface area contributed by atoms with Crippen molar-refractivity contribution in [3.8, 4) is 0 Å². The number of allylic oxidation sites excluding steroid dienone is 7. The highest BCUT2D eigenvalue weighted by Crippen LogP contribution is 2.37. The maximum atomic E-state index is 12.2. The minimum atomic E-state index is -0.505. The van der Waals surface area contributed by atoms with Gasteiger partial charge in [-0.15, -0.1) is 0 Å². The van der Waals surface area contributed by atoms with E-state index in [1.165, 1.54) is 34.0 Å². The number of para-hydroxylation sites is 1. The Morgan fingerprint density at radius 1 is 1.19 bits per heavy atom. The van der Waals surface area contributed by atoms with Gasteiger partial charge in [-0.3, -0.25) is 9.69 Å². The van der Waals surface area contributed by atoms with Gasteiger partial charge in [0, 0.05) is 16.7 Å². The maximum Gasteiger partial charge on any atom is 0.338 e. The Bertz CT molecular complexity index is 958. The lowest BCUT2D eigenvalue weighted by molar-refractivity contribution is -0.764. The van der Waals surface area contributed by atoms with Crippen LogP contribution in [0.5, 0.6) is 0 Å². The molecule has 1 atom stereocenters. The number of ether oxygens (including phenoxy) is 1. The second-order valence-corrected chi connectivity index (χ2v) is 7.41. The summed E-state index contributed by atoms with van der Waals surface area (Å²) in [5.41, 5.74) is 4.36. The van der Waals surface area contributed by atoms with E-state index >= 15 is 0 Å². The summed E-state index contributed by atoms with van der Waals surface area (Å²) in [4.78, 5) is 25.1. The largest absolute Gasteiger partial charge is 0.423 e. The van der Waals surface area contributed by atoms with Crippen molar-refractivity contribution in [2.45, 2.75) is 26.2 Å². The number of quaternary nitrogens is 1. The molecule has 3 rings (SSSR count). The van der Waals surface area contributed by atoms with E-state index in [2.05, 4.69) is 45.7 Å². The van der Waals surface area contributed by atoms with E-state index in [1.54, 1.807) is 19.1 Å². The van der Waals surface area contributed by atoms with Gasteiger partial charge < -0.3 is 4.74 Å². The Balaban J connectivity index is 1.93. The number of rotatable bonds is 3. The average molecular weight is 362 g/mol. The summed E-state index contributed by atoms with van der Waals surface area (Å²) in [6, 6.07) is 8.37. The molecular formula is C23H24NO3+. The number of likely N-dealkylation sites (N-methyl/N-ethyl adjacent to an activating group) is 1. The van der Waals surface area contributed by atoms with Crippen LogP contribution < -0.4 is 4.90 Å². The Labute approximate surface area is 159 Å². The molecule has 0 bridgehead atoms. The van der Waals surface area contributed by atoms with E-state index in [9.17, 15) is 9.59 Å². The van der Waals surface area contributed by atoms with Gasteiger partial charge in [0.25, 0.3) is 0 Å². The predicted octanol–water partition coefficient (Wildman–Crippen LogP) is 3.08. The lowest BCUT2D eigenvalue weighted by Crippen LogP contribution is -3.01. The van der Waals surface area contributed by atoms with Crippen LogP contribution in [-0.2, 0) is 19.7 Å². The first kappa shape index (κ1) is 18.8. The molecule has 0 saturated heterocycles. The molecule has 1 heterocycles. The summed E-state index contributed by atoms with van der Waals surface area (Å²) in [5, 5.41) is 0. The molecule has 138 valence electrons. The van der Waals surface area contributed by atoms with Crippen LogP contribution in [0.3, 0.4) is 0 Å². The van der Waals surface area contributed by atoms with Gasteiger partial charge in [-0.25, -0.2) is 4.79 Å². The van der Waals surface area contributed by atoms with Crippen LogP contribution in [0.1, 0.15) is 26.3 Å². The quantitative estimate of drug-likeness (QED) is 0.664. The third kappa shape index (κ3) is 3.49. The third-order valence-electron chi connectivity index (χ3n) is 5.05. The molecule has 1 N–H and O–H groups in total. The number of hydrogen-bond donors (Lipinski definition) is 1. The van der Waals surface area contributed by atoms with Crippen molar-refractivity contribution in [3.05, 3.63) is 89.4 Å². The fourth-order valence-electron chi connectivity index (χ4n) is 3.53. The summed E-state index contributed by atoms with van der Waals surface area (Å²) in [7, 11) is 2.11. The second kappa shape index (κ2) is 6.97. The molecule has 4 heteroatoms. The Kier molecular flexibility index (Phi) is 4.85. The van der Waals surface area contributed by atoms with E-state index in [0.29, 0.717) is 16.9 Å². The molecule has 1 aliphatic carbocycles. The van der Waals surface area contributed by atoms with Crippen molar-refractivity contribution in [2.24, 2.45) is 0 Å². The number of hydrogen-bond acceptors (Lipinski definition) is 3. The van der Waals surface area contributed by atoms with Gasteiger partial charge >= 0.3 is 5.97 Å². The molecule has 27 heavy (non-hydrogen) atoms. The molecular weight excluding hydrogens is 338 g/mol. The third-order valence-corrected chi connectivity index (χ3v) is 5.05. The molecule has 4 nitrogen and oxygen atoms in total. The van der Waals surface area contributed by atoms with Crippen molar-refractivity contribution in [2.75, 3.05) is 7.05 Å². The van der Waals surface area contributed by atoms with Gasteiger partial charge in [-0.05, 0) is 57.2 Å². The van der Waals surface area contributed by atoms with Crippen molar-refractivity contribution in [1.82, 2.24) is 0 Å². The zero-order valence-corrected chi connectivity index (χ0v) is 16.1. The highest BCUT2D eigenvalue weighted by Gasteiger charge is 2.43. The molecule has 1 aliphatic heterocycles.